The van der Waals surface area contributed by atoms with E-state index in [0.29, 0.717) is 23.0 Å². The molecule has 0 aliphatic carbocycles. The first-order valence-corrected chi connectivity index (χ1v) is 8.81. The van der Waals surface area contributed by atoms with Gasteiger partial charge in [-0.25, -0.2) is 15.0 Å². The predicted molar refractivity (Wildman–Crippen MR) is 99.6 cm³/mol. The van der Waals surface area contributed by atoms with Gasteiger partial charge in [-0.3, -0.25) is 4.79 Å². The van der Waals surface area contributed by atoms with Crippen molar-refractivity contribution in [3.05, 3.63) is 72.2 Å². The molecule has 0 atom stereocenters. The van der Waals surface area contributed by atoms with E-state index in [2.05, 4.69) is 20.3 Å². The van der Waals surface area contributed by atoms with Gasteiger partial charge in [-0.05, 0) is 12.1 Å². The smallest absolute Gasteiger partial charge is 0.230 e. The molecular weight excluding hydrogens is 348 g/mol. The minimum Gasteiger partial charge on any atom is -0.462 e. The van der Waals surface area contributed by atoms with Crippen LogP contribution in [0.3, 0.4) is 0 Å². The van der Waals surface area contributed by atoms with Crippen molar-refractivity contribution < 1.29 is 9.21 Å². The standard InChI is InChI=1S/C19H14N4O2S/c24-17(9-14-12-26-19(23-14)16-7-4-8-25-16)22-15-10-20-18(21-11-15)13-5-2-1-3-6-13/h1-8,10-12H,9H2,(H,22,24). The van der Waals surface area contributed by atoms with Gasteiger partial charge in [0.15, 0.2) is 16.6 Å². The van der Waals surface area contributed by atoms with E-state index in [1.54, 1.807) is 18.7 Å². The number of rotatable bonds is 5. The fourth-order valence-electron chi connectivity index (χ4n) is 2.40. The Morgan fingerprint density at radius 2 is 1.88 bits per heavy atom. The SMILES string of the molecule is O=C(Cc1csc(-c2ccco2)n1)Nc1cnc(-c2ccccc2)nc1. The van der Waals surface area contributed by atoms with Crippen LogP contribution in [0, 0.1) is 0 Å². The normalized spacial score (nSPS) is 10.6. The number of aromatic nitrogens is 3. The minimum atomic E-state index is -0.169. The van der Waals surface area contributed by atoms with Crippen molar-refractivity contribution in [3.63, 3.8) is 0 Å². The summed E-state index contributed by atoms with van der Waals surface area (Å²) in [7, 11) is 0. The highest BCUT2D eigenvalue weighted by Gasteiger charge is 2.11. The molecule has 0 aliphatic heterocycles. The molecular formula is C19H14N4O2S. The van der Waals surface area contributed by atoms with Crippen LogP contribution in [0.25, 0.3) is 22.2 Å². The number of anilines is 1. The number of nitrogens with one attached hydrogen (secondary N) is 1. The highest BCUT2D eigenvalue weighted by molar-refractivity contribution is 7.13. The fourth-order valence-corrected chi connectivity index (χ4v) is 3.19. The summed E-state index contributed by atoms with van der Waals surface area (Å²) in [5.41, 5.74) is 2.18. The maximum atomic E-state index is 12.2. The zero-order chi connectivity index (χ0) is 17.8. The Labute approximate surface area is 153 Å². The van der Waals surface area contributed by atoms with Gasteiger partial charge in [0.25, 0.3) is 0 Å². The molecule has 0 saturated heterocycles. The first kappa shape index (κ1) is 16.2. The molecule has 0 spiro atoms. The van der Waals surface area contributed by atoms with Gasteiger partial charge < -0.3 is 9.73 Å². The molecule has 0 fully saturated rings. The first-order valence-electron chi connectivity index (χ1n) is 7.93. The van der Waals surface area contributed by atoms with Gasteiger partial charge in [0, 0.05) is 10.9 Å². The van der Waals surface area contributed by atoms with E-state index in [1.165, 1.54) is 11.3 Å². The van der Waals surface area contributed by atoms with Crippen LogP contribution in [-0.4, -0.2) is 20.9 Å². The molecule has 1 amide bonds. The topological polar surface area (TPSA) is 80.9 Å². The zero-order valence-corrected chi connectivity index (χ0v) is 14.4. The van der Waals surface area contributed by atoms with E-state index < -0.39 is 0 Å². The van der Waals surface area contributed by atoms with Crippen molar-refractivity contribution in [2.24, 2.45) is 0 Å². The van der Waals surface area contributed by atoms with E-state index in [9.17, 15) is 4.79 Å². The zero-order valence-electron chi connectivity index (χ0n) is 13.6. The summed E-state index contributed by atoms with van der Waals surface area (Å²) >= 11 is 1.45. The van der Waals surface area contributed by atoms with Crippen molar-refractivity contribution in [3.8, 4) is 22.2 Å². The number of furan rings is 1. The lowest BCUT2D eigenvalue weighted by molar-refractivity contribution is -0.115. The monoisotopic (exact) mass is 362 g/mol. The van der Waals surface area contributed by atoms with Crippen LogP contribution in [0.1, 0.15) is 5.69 Å². The van der Waals surface area contributed by atoms with Crippen LogP contribution in [0.5, 0.6) is 0 Å². The summed E-state index contributed by atoms with van der Waals surface area (Å²) in [4.78, 5) is 25.2. The number of carbonyl (C=O) groups is 1. The number of amides is 1. The summed E-state index contributed by atoms with van der Waals surface area (Å²) in [5, 5.41) is 5.40. The van der Waals surface area contributed by atoms with E-state index in [0.717, 1.165) is 10.6 Å². The van der Waals surface area contributed by atoms with Crippen LogP contribution in [0.4, 0.5) is 5.69 Å². The molecule has 0 saturated carbocycles. The lowest BCUT2D eigenvalue weighted by Crippen LogP contribution is -2.15. The second-order valence-corrected chi connectivity index (χ2v) is 6.37. The average Bonchev–Trinajstić information content (AvgIpc) is 3.35. The lowest BCUT2D eigenvalue weighted by atomic mass is 10.2. The summed E-state index contributed by atoms with van der Waals surface area (Å²) in [6, 6.07) is 13.3. The van der Waals surface area contributed by atoms with Crippen molar-refractivity contribution in [2.45, 2.75) is 6.42 Å². The molecule has 0 aliphatic rings. The van der Waals surface area contributed by atoms with Gasteiger partial charge >= 0.3 is 0 Å². The Balaban J connectivity index is 1.39. The minimum absolute atomic E-state index is 0.169. The lowest BCUT2D eigenvalue weighted by Gasteiger charge is -2.04. The fraction of sp³-hybridized carbons (Fsp3) is 0.0526. The molecule has 6 nitrogen and oxygen atoms in total. The third kappa shape index (κ3) is 3.68. The van der Waals surface area contributed by atoms with Crippen LogP contribution in [-0.2, 0) is 11.2 Å². The molecule has 0 radical (unpaired) electrons. The van der Waals surface area contributed by atoms with Crippen LogP contribution in [0.2, 0.25) is 0 Å². The van der Waals surface area contributed by atoms with Gasteiger partial charge in [0.1, 0.15) is 0 Å². The van der Waals surface area contributed by atoms with E-state index >= 15 is 0 Å². The van der Waals surface area contributed by atoms with E-state index in [-0.39, 0.29) is 12.3 Å². The number of thiazole rings is 1. The molecule has 3 heterocycles. The largest absolute Gasteiger partial charge is 0.462 e. The summed E-state index contributed by atoms with van der Waals surface area (Å²) < 4.78 is 5.31. The quantitative estimate of drug-likeness (QED) is 0.579. The molecule has 26 heavy (non-hydrogen) atoms. The van der Waals surface area contributed by atoms with Crippen molar-refractivity contribution >= 4 is 22.9 Å². The van der Waals surface area contributed by atoms with Gasteiger partial charge in [-0.15, -0.1) is 11.3 Å². The molecule has 3 aromatic heterocycles. The Bertz CT molecular complexity index is 996. The second-order valence-electron chi connectivity index (χ2n) is 5.51. The third-order valence-electron chi connectivity index (χ3n) is 3.59. The Hall–Kier alpha value is -3.32. The summed E-state index contributed by atoms with van der Waals surface area (Å²) in [6.45, 7) is 0. The molecule has 4 aromatic rings. The maximum absolute atomic E-state index is 12.2. The summed E-state index contributed by atoms with van der Waals surface area (Å²) in [6.07, 6.45) is 4.98. The molecule has 1 aromatic carbocycles. The molecule has 0 bridgehead atoms. The average molecular weight is 362 g/mol. The predicted octanol–water partition coefficient (Wildman–Crippen LogP) is 4.04. The van der Waals surface area contributed by atoms with E-state index in [1.807, 2.05) is 47.8 Å². The highest BCUT2D eigenvalue weighted by atomic mass is 32.1. The number of hydrogen-bond donors (Lipinski definition) is 1. The Morgan fingerprint density at radius 1 is 1.08 bits per heavy atom. The molecule has 7 heteroatoms. The number of hydrogen-bond acceptors (Lipinski definition) is 6. The van der Waals surface area contributed by atoms with Crippen molar-refractivity contribution in [1.29, 1.82) is 0 Å². The van der Waals surface area contributed by atoms with Crippen molar-refractivity contribution in [1.82, 2.24) is 15.0 Å². The number of nitrogens with zero attached hydrogens (tertiary/aromatic N) is 3. The molecule has 0 unspecified atom stereocenters. The molecule has 4 rings (SSSR count). The highest BCUT2D eigenvalue weighted by Crippen LogP contribution is 2.24. The Kier molecular flexibility index (Phi) is 4.53. The molecule has 1 N–H and O–H groups in total. The van der Waals surface area contributed by atoms with E-state index in [4.69, 9.17) is 4.42 Å². The third-order valence-corrected chi connectivity index (χ3v) is 4.50. The van der Waals surface area contributed by atoms with Crippen LogP contribution < -0.4 is 5.32 Å². The summed E-state index contributed by atoms with van der Waals surface area (Å²) in [5.74, 6) is 1.15. The first-order chi connectivity index (χ1) is 12.8. The number of carbonyl (C=O) groups excluding carboxylic acids is 1. The van der Waals surface area contributed by atoms with Gasteiger partial charge in [-0.1, -0.05) is 30.3 Å². The van der Waals surface area contributed by atoms with Gasteiger partial charge in [0.2, 0.25) is 5.91 Å². The van der Waals surface area contributed by atoms with Gasteiger partial charge in [0.05, 0.1) is 36.5 Å². The number of benzene rings is 1. The molecule has 128 valence electrons. The van der Waals surface area contributed by atoms with Crippen molar-refractivity contribution in [2.75, 3.05) is 5.32 Å². The Morgan fingerprint density at radius 3 is 2.62 bits per heavy atom. The van der Waals surface area contributed by atoms with Crippen LogP contribution in [0.15, 0.2) is 70.9 Å². The van der Waals surface area contributed by atoms with Crippen LogP contribution >= 0.6 is 11.3 Å². The second kappa shape index (κ2) is 7.28. The van der Waals surface area contributed by atoms with Gasteiger partial charge in [-0.2, -0.15) is 0 Å². The maximum Gasteiger partial charge on any atom is 0.230 e.